The molecule has 0 atom stereocenters. The van der Waals surface area contributed by atoms with Gasteiger partial charge in [-0.25, -0.2) is 0 Å². The summed E-state index contributed by atoms with van der Waals surface area (Å²) < 4.78 is 37.8. The molecule has 136 valence electrons. The summed E-state index contributed by atoms with van der Waals surface area (Å²) in [6, 6.07) is 0. The first-order valence-corrected chi connectivity index (χ1v) is 8.25. The molecule has 0 aliphatic heterocycles. The molecule has 0 aromatic heterocycles. The van der Waals surface area contributed by atoms with Crippen molar-refractivity contribution in [1.29, 1.82) is 0 Å². The van der Waals surface area contributed by atoms with Crippen LogP contribution < -0.4 is 29.4 Å². The van der Waals surface area contributed by atoms with Crippen LogP contribution in [0.15, 0.2) is 0 Å². The zero-order valence-electron chi connectivity index (χ0n) is 11.1. The zero-order valence-corrected chi connectivity index (χ0v) is 16.3. The van der Waals surface area contributed by atoms with E-state index >= 15 is 0 Å². The van der Waals surface area contributed by atoms with Crippen LogP contribution in [0, 0.1) is 0 Å². The molecule has 9 N–H and O–H groups in total. The standard InChI is InChI=1S/3Al.2BH3O3.2H3O4P.3H2O/c;;;2*2-1(3)4;2*1-5(2,3)4;;;/h;;;2*2-4H;2*(H3,1,2,3,4);3*1H2/q3*+3;;;;;;;/p-9. The molecule has 0 saturated carbocycles. The van der Waals surface area contributed by atoms with E-state index in [0.29, 0.717) is 0 Å². The van der Waals surface area contributed by atoms with E-state index in [1.54, 1.807) is 0 Å². The molecule has 24 heavy (non-hydrogen) atoms. The maximum absolute atomic E-state index is 8.55. The minimum atomic E-state index is -5.39. The van der Waals surface area contributed by atoms with E-state index in [1.165, 1.54) is 49.9 Å². The monoisotopic (exact) mass is 446 g/mol. The van der Waals surface area contributed by atoms with E-state index in [1.807, 2.05) is 0 Å². The summed E-state index contributed by atoms with van der Waals surface area (Å²) in [5, 5.41) is 43.0. The number of rotatable bonds is 0. The summed E-state index contributed by atoms with van der Waals surface area (Å²) in [5.74, 6) is 0. The minimum absolute atomic E-state index is 1.42. The Balaban J connectivity index is -0.0000000292. The van der Waals surface area contributed by atoms with E-state index in [4.69, 9.17) is 81.1 Å². The van der Waals surface area contributed by atoms with Gasteiger partial charge >= 0.3 is 77.0 Å². The molecule has 0 bridgehead atoms. The van der Waals surface area contributed by atoms with Crippen molar-refractivity contribution in [1.82, 2.24) is 0 Å². The molecule has 0 spiro atoms. The van der Waals surface area contributed by atoms with Gasteiger partial charge in [-0.15, -0.1) is 0 Å². The van der Waals surface area contributed by atoms with Gasteiger partial charge in [0.05, 0.1) is 0 Å². The molecule has 17 nitrogen and oxygen atoms in total. The average Bonchev–Trinajstić information content (AvgIpc) is 2.30. The Hall–Kier alpha value is 1.59. The van der Waals surface area contributed by atoms with Gasteiger partial charge in [0.25, 0.3) is 0 Å². The van der Waals surface area contributed by atoms with Crippen LogP contribution in [0.3, 0.4) is 0 Å². The van der Waals surface area contributed by atoms with Crippen molar-refractivity contribution in [3.8, 4) is 0 Å². The molecule has 0 aromatic carbocycles. The molecule has 0 unspecified atom stereocenters. The number of hydrogen-bond donors (Lipinski definition) is 9. The molecule has 24 heteroatoms. The summed E-state index contributed by atoms with van der Waals surface area (Å²) in [4.78, 5) is 51.3. The van der Waals surface area contributed by atoms with Crippen LogP contribution in [0.2, 0.25) is 0 Å². The van der Waals surface area contributed by atoms with Crippen molar-refractivity contribution in [2.45, 2.75) is 0 Å². The molecule has 0 aromatic rings. The Kier molecular flexibility index (Phi) is 66.5. The van der Waals surface area contributed by atoms with Gasteiger partial charge in [-0.2, -0.15) is 15.6 Å². The molecule has 0 aliphatic rings. The van der Waals surface area contributed by atoms with Gasteiger partial charge in [0.1, 0.15) is 0 Å². The van der Waals surface area contributed by atoms with E-state index in [-0.39, 0.29) is 0 Å². The van der Waals surface area contributed by atoms with Gasteiger partial charge in [-0.3, -0.25) is 0 Å². The van der Waals surface area contributed by atoms with E-state index < -0.39 is 30.3 Å². The summed E-state index contributed by atoms with van der Waals surface area (Å²) in [6.07, 6.45) is 0. The summed E-state index contributed by atoms with van der Waals surface area (Å²) in [5.41, 5.74) is 0. The number of phosphoric acid groups is 2. The third-order valence-corrected chi connectivity index (χ3v) is 0. The molecular weight excluding hydrogens is 437 g/mol. The topological polar surface area (TPSA) is 355 Å². The zero-order chi connectivity index (χ0) is 22.2. The Morgan fingerprint density at radius 1 is 0.500 bits per heavy atom. The van der Waals surface area contributed by atoms with Crippen LogP contribution >= 0.6 is 15.6 Å². The molecule has 0 fully saturated rings. The predicted molar refractivity (Wildman–Crippen MR) is 64.0 cm³/mol. The normalized spacial score (nSPS) is 8.04. The third-order valence-electron chi connectivity index (χ3n) is 0. The van der Waals surface area contributed by atoms with Crippen LogP contribution in [0.4, 0.5) is 0 Å². The quantitative estimate of drug-likeness (QED) is 0.123. The van der Waals surface area contributed by atoms with Gasteiger partial charge in [0.2, 0.25) is 0 Å². The SMILES string of the molecule is O=P([O-])([O-])[O-].O=P([O-])([O-])[O-].OB(O)O.OB(O)O.[OH][Al+2].[OH][Al+2].[OH][Al+2]. The van der Waals surface area contributed by atoms with Gasteiger partial charge in [0.15, 0.2) is 0 Å². The van der Waals surface area contributed by atoms with Crippen molar-refractivity contribution in [2.24, 2.45) is 0 Å². The molecule has 0 aliphatic carbocycles. The van der Waals surface area contributed by atoms with Crippen molar-refractivity contribution >= 4 is 80.2 Å². The van der Waals surface area contributed by atoms with Crippen molar-refractivity contribution in [3.05, 3.63) is 0 Å². The Labute approximate surface area is 161 Å². The second-order valence-corrected chi connectivity index (χ2v) is 3.38. The van der Waals surface area contributed by atoms with Gasteiger partial charge < -0.3 is 68.6 Å². The van der Waals surface area contributed by atoms with Gasteiger partial charge in [0, 0.05) is 0 Å². The fraction of sp³-hybridized carbons (Fsp3) is 0. The Bertz CT molecular complexity index is 200. The van der Waals surface area contributed by atoms with Crippen LogP contribution in [0.5, 0.6) is 0 Å². The van der Waals surface area contributed by atoms with Crippen molar-refractivity contribution in [2.75, 3.05) is 0 Å². The van der Waals surface area contributed by atoms with E-state index in [2.05, 4.69) is 0 Å². The fourth-order valence-electron chi connectivity index (χ4n) is 0. The summed E-state index contributed by atoms with van der Waals surface area (Å²) >= 11 is 4.25. The first kappa shape index (κ1) is 44.8. The summed E-state index contributed by atoms with van der Waals surface area (Å²) in [6.45, 7) is 0. The second kappa shape index (κ2) is 35.7. The first-order chi connectivity index (χ1) is 10.5. The predicted octanol–water partition coefficient (Wildman–Crippen LogP) is -12.6. The third kappa shape index (κ3) is 4780. The van der Waals surface area contributed by atoms with Crippen LogP contribution in [0.25, 0.3) is 0 Å². The molecular formula is H9Al3B2O17P2. The van der Waals surface area contributed by atoms with E-state index in [0.717, 1.165) is 0 Å². The number of hydrogen-bond acceptors (Lipinski definition) is 17. The Morgan fingerprint density at radius 2 is 0.500 bits per heavy atom. The van der Waals surface area contributed by atoms with E-state index in [9.17, 15) is 0 Å². The molecule has 0 rings (SSSR count). The Morgan fingerprint density at radius 3 is 0.500 bits per heavy atom. The van der Waals surface area contributed by atoms with Crippen molar-refractivity contribution in [3.63, 3.8) is 0 Å². The summed E-state index contributed by atoms with van der Waals surface area (Å²) in [7, 11) is -15.1. The van der Waals surface area contributed by atoms with Crippen molar-refractivity contribution < 1.29 is 81.1 Å². The first-order valence-electron chi connectivity index (χ1n) is 3.78. The van der Waals surface area contributed by atoms with Gasteiger partial charge in [-0.1, -0.05) is 0 Å². The molecule has 0 heterocycles. The average molecular weight is 446 g/mol. The van der Waals surface area contributed by atoms with Crippen LogP contribution in [-0.4, -0.2) is 107 Å². The fourth-order valence-corrected chi connectivity index (χ4v) is 0. The van der Waals surface area contributed by atoms with Gasteiger partial charge in [-0.05, 0) is 0 Å². The van der Waals surface area contributed by atoms with Crippen LogP contribution in [0.1, 0.15) is 0 Å². The molecule has 0 radical (unpaired) electrons. The second-order valence-electron chi connectivity index (χ2n) is 1.59. The maximum atomic E-state index is 8.55. The van der Waals surface area contributed by atoms with Crippen LogP contribution in [-0.2, 0) is 9.13 Å². The molecule has 0 saturated heterocycles. The molecule has 0 amide bonds.